The number of carbonyl (C=O) groups is 2. The molecular formula is C22H25NO4. The predicted molar refractivity (Wildman–Crippen MR) is 102 cm³/mol. The lowest BCUT2D eigenvalue weighted by atomic mass is 10.1. The summed E-state index contributed by atoms with van der Waals surface area (Å²) in [5.74, 6) is -0.404. The van der Waals surface area contributed by atoms with E-state index in [9.17, 15) is 9.59 Å². The number of ether oxygens (including phenoxy) is 2. The van der Waals surface area contributed by atoms with Crippen LogP contribution in [0, 0.1) is 0 Å². The third-order valence-corrected chi connectivity index (χ3v) is 4.55. The monoisotopic (exact) mass is 367 g/mol. The molecule has 1 aliphatic heterocycles. The SMILES string of the molecule is O=C(CCC(=O)c1ccccc1)OCC1CN(Cc2ccccc2)CCO1. The molecule has 1 heterocycles. The number of morpholine rings is 1. The first-order valence-electron chi connectivity index (χ1n) is 9.32. The van der Waals surface area contributed by atoms with Gasteiger partial charge in [0.2, 0.25) is 0 Å². The van der Waals surface area contributed by atoms with Gasteiger partial charge in [-0.2, -0.15) is 0 Å². The third kappa shape index (κ3) is 6.31. The maximum absolute atomic E-state index is 12.0. The van der Waals surface area contributed by atoms with Crippen molar-refractivity contribution in [1.29, 1.82) is 0 Å². The summed E-state index contributed by atoms with van der Waals surface area (Å²) in [5.41, 5.74) is 1.88. The standard InChI is InChI=1S/C22H25NO4/c24-21(19-9-5-2-6-10-19)11-12-22(25)27-17-20-16-23(13-14-26-20)15-18-7-3-1-4-8-18/h1-10,20H,11-17H2. The quantitative estimate of drug-likeness (QED) is 0.530. The van der Waals surface area contributed by atoms with Gasteiger partial charge in [0, 0.05) is 31.6 Å². The van der Waals surface area contributed by atoms with Crippen LogP contribution in [0.1, 0.15) is 28.8 Å². The molecule has 0 radical (unpaired) electrons. The minimum Gasteiger partial charge on any atom is -0.463 e. The Morgan fingerprint density at radius 3 is 2.44 bits per heavy atom. The van der Waals surface area contributed by atoms with Gasteiger partial charge in [0.25, 0.3) is 0 Å². The Kier molecular flexibility index (Phi) is 7.13. The van der Waals surface area contributed by atoms with Crippen LogP contribution in [0.4, 0.5) is 0 Å². The second kappa shape index (κ2) is 10.00. The second-order valence-electron chi connectivity index (χ2n) is 6.69. The molecule has 0 spiro atoms. The highest BCUT2D eigenvalue weighted by molar-refractivity contribution is 5.97. The predicted octanol–water partition coefficient (Wildman–Crippen LogP) is 3.09. The van der Waals surface area contributed by atoms with Gasteiger partial charge in [-0.05, 0) is 5.56 Å². The van der Waals surface area contributed by atoms with Crippen molar-refractivity contribution >= 4 is 11.8 Å². The van der Waals surface area contributed by atoms with Gasteiger partial charge in [0.15, 0.2) is 5.78 Å². The van der Waals surface area contributed by atoms with Crippen molar-refractivity contribution in [2.24, 2.45) is 0 Å². The molecule has 0 aliphatic carbocycles. The van der Waals surface area contributed by atoms with Gasteiger partial charge in [-0.1, -0.05) is 60.7 Å². The molecule has 0 amide bonds. The largest absolute Gasteiger partial charge is 0.463 e. The number of Topliss-reactive ketones (excluding diaryl/α,β-unsaturated/α-hetero) is 1. The average molecular weight is 367 g/mol. The van der Waals surface area contributed by atoms with Crippen molar-refractivity contribution in [2.45, 2.75) is 25.5 Å². The zero-order valence-electron chi connectivity index (χ0n) is 15.4. The highest BCUT2D eigenvalue weighted by Crippen LogP contribution is 2.11. The van der Waals surface area contributed by atoms with Crippen molar-refractivity contribution < 1.29 is 19.1 Å². The molecule has 3 rings (SSSR count). The molecule has 2 aromatic carbocycles. The van der Waals surface area contributed by atoms with Crippen LogP contribution in [0.25, 0.3) is 0 Å². The Morgan fingerprint density at radius 1 is 1.00 bits per heavy atom. The van der Waals surface area contributed by atoms with Crippen LogP contribution in [0.3, 0.4) is 0 Å². The Bertz CT molecular complexity index is 732. The highest BCUT2D eigenvalue weighted by Gasteiger charge is 2.22. The maximum atomic E-state index is 12.0. The Morgan fingerprint density at radius 2 is 1.70 bits per heavy atom. The number of hydrogen-bond acceptors (Lipinski definition) is 5. The molecule has 0 bridgehead atoms. The van der Waals surface area contributed by atoms with Gasteiger partial charge in [0.1, 0.15) is 12.7 Å². The van der Waals surface area contributed by atoms with Crippen LogP contribution in [0.5, 0.6) is 0 Å². The maximum Gasteiger partial charge on any atom is 0.306 e. The molecule has 142 valence electrons. The van der Waals surface area contributed by atoms with Crippen molar-refractivity contribution in [3.8, 4) is 0 Å². The van der Waals surface area contributed by atoms with Gasteiger partial charge in [-0.25, -0.2) is 0 Å². The fourth-order valence-electron chi connectivity index (χ4n) is 3.11. The molecule has 0 saturated carbocycles. The van der Waals surface area contributed by atoms with E-state index in [-0.39, 0.29) is 37.3 Å². The lowest BCUT2D eigenvalue weighted by Gasteiger charge is -2.32. The van der Waals surface area contributed by atoms with Gasteiger partial charge >= 0.3 is 5.97 Å². The Hall–Kier alpha value is -2.50. The number of benzene rings is 2. The number of hydrogen-bond donors (Lipinski definition) is 0. The van der Waals surface area contributed by atoms with Crippen LogP contribution in [-0.2, 0) is 20.8 Å². The minimum absolute atomic E-state index is 0.0458. The molecule has 1 fully saturated rings. The van der Waals surface area contributed by atoms with Crippen LogP contribution in [0.2, 0.25) is 0 Å². The van der Waals surface area contributed by atoms with Crippen molar-refractivity contribution in [3.05, 3.63) is 71.8 Å². The third-order valence-electron chi connectivity index (χ3n) is 4.55. The van der Waals surface area contributed by atoms with Crippen LogP contribution >= 0.6 is 0 Å². The molecule has 0 aromatic heterocycles. The summed E-state index contributed by atoms with van der Waals surface area (Å²) in [5, 5.41) is 0. The topological polar surface area (TPSA) is 55.8 Å². The zero-order chi connectivity index (χ0) is 18.9. The first-order valence-corrected chi connectivity index (χ1v) is 9.32. The van der Waals surface area contributed by atoms with E-state index in [0.717, 1.165) is 19.6 Å². The highest BCUT2D eigenvalue weighted by atomic mass is 16.6. The molecule has 0 N–H and O–H groups in total. The Balaban J connectivity index is 1.37. The first-order chi connectivity index (χ1) is 13.2. The van der Waals surface area contributed by atoms with E-state index in [2.05, 4.69) is 17.0 Å². The second-order valence-corrected chi connectivity index (χ2v) is 6.69. The lowest BCUT2D eigenvalue weighted by Crippen LogP contribution is -2.44. The van der Waals surface area contributed by atoms with Crippen molar-refractivity contribution in [3.63, 3.8) is 0 Å². The summed E-state index contributed by atoms with van der Waals surface area (Å²) >= 11 is 0. The number of rotatable bonds is 8. The first kappa shape index (κ1) is 19.3. The molecule has 5 nitrogen and oxygen atoms in total. The Labute approximate surface area is 159 Å². The molecule has 1 aliphatic rings. The zero-order valence-corrected chi connectivity index (χ0v) is 15.4. The van der Waals surface area contributed by atoms with E-state index in [0.29, 0.717) is 12.2 Å². The summed E-state index contributed by atoms with van der Waals surface area (Å²) in [6.45, 7) is 3.31. The summed E-state index contributed by atoms with van der Waals surface area (Å²) in [7, 11) is 0. The van der Waals surface area contributed by atoms with Crippen LogP contribution in [0.15, 0.2) is 60.7 Å². The number of nitrogens with zero attached hydrogens (tertiary/aromatic N) is 1. The summed E-state index contributed by atoms with van der Waals surface area (Å²) in [6, 6.07) is 19.3. The number of carbonyl (C=O) groups excluding carboxylic acids is 2. The summed E-state index contributed by atoms with van der Waals surface area (Å²) in [4.78, 5) is 26.3. The van der Waals surface area contributed by atoms with E-state index >= 15 is 0 Å². The van der Waals surface area contributed by atoms with Gasteiger partial charge < -0.3 is 9.47 Å². The molecule has 1 atom stereocenters. The molecule has 2 aromatic rings. The van der Waals surface area contributed by atoms with E-state index in [1.54, 1.807) is 12.1 Å². The molecule has 5 heteroatoms. The fourth-order valence-corrected chi connectivity index (χ4v) is 3.11. The van der Waals surface area contributed by atoms with E-state index < -0.39 is 0 Å². The molecule has 1 unspecified atom stereocenters. The van der Waals surface area contributed by atoms with Crippen molar-refractivity contribution in [2.75, 3.05) is 26.3 Å². The van der Waals surface area contributed by atoms with Gasteiger partial charge in [0.05, 0.1) is 13.0 Å². The molecular weight excluding hydrogens is 342 g/mol. The molecule has 1 saturated heterocycles. The number of esters is 1. The van der Waals surface area contributed by atoms with E-state index in [4.69, 9.17) is 9.47 Å². The lowest BCUT2D eigenvalue weighted by molar-refractivity contribution is -0.150. The van der Waals surface area contributed by atoms with Crippen molar-refractivity contribution in [1.82, 2.24) is 4.90 Å². The molecule has 27 heavy (non-hydrogen) atoms. The summed E-state index contributed by atoms with van der Waals surface area (Å²) in [6.07, 6.45) is 0.124. The van der Waals surface area contributed by atoms with Crippen LogP contribution < -0.4 is 0 Å². The van der Waals surface area contributed by atoms with Gasteiger partial charge in [-0.15, -0.1) is 0 Å². The van der Waals surface area contributed by atoms with Crippen LogP contribution in [-0.4, -0.2) is 49.1 Å². The minimum atomic E-state index is -0.358. The smallest absolute Gasteiger partial charge is 0.306 e. The van der Waals surface area contributed by atoms with Gasteiger partial charge in [-0.3, -0.25) is 14.5 Å². The normalized spacial score (nSPS) is 17.4. The van der Waals surface area contributed by atoms with E-state index in [1.165, 1.54) is 5.56 Å². The average Bonchev–Trinajstić information content (AvgIpc) is 2.72. The summed E-state index contributed by atoms with van der Waals surface area (Å²) < 4.78 is 11.0. The number of ketones is 1. The fraction of sp³-hybridized carbons (Fsp3) is 0.364. The van der Waals surface area contributed by atoms with E-state index in [1.807, 2.05) is 36.4 Å².